The molecule has 4 aromatic rings. The summed E-state index contributed by atoms with van der Waals surface area (Å²) in [5.74, 6) is 0.814. The molecule has 0 aliphatic carbocycles. The van der Waals surface area contributed by atoms with Gasteiger partial charge in [-0.15, -0.1) is 11.3 Å². The van der Waals surface area contributed by atoms with Crippen LogP contribution in [0.15, 0.2) is 61.1 Å². The lowest BCUT2D eigenvalue weighted by atomic mass is 10.2. The van der Waals surface area contributed by atoms with E-state index in [2.05, 4.69) is 26.4 Å². The number of hydrogen-bond acceptors (Lipinski definition) is 5. The molecule has 0 saturated carbocycles. The fourth-order valence-electron chi connectivity index (χ4n) is 2.98. The molecule has 6 nitrogen and oxygen atoms in total. The summed E-state index contributed by atoms with van der Waals surface area (Å²) >= 11 is 1.74. The zero-order valence-corrected chi connectivity index (χ0v) is 16.2. The molecule has 0 fully saturated rings. The number of amides is 1. The maximum absolute atomic E-state index is 12.1. The Morgan fingerprint density at radius 3 is 2.89 bits per heavy atom. The van der Waals surface area contributed by atoms with Gasteiger partial charge < -0.3 is 5.32 Å². The van der Waals surface area contributed by atoms with E-state index in [1.165, 1.54) is 4.70 Å². The molecule has 3 heterocycles. The smallest absolute Gasteiger partial charge is 0.220 e. The summed E-state index contributed by atoms with van der Waals surface area (Å²) in [5, 5.41) is 8.30. The summed E-state index contributed by atoms with van der Waals surface area (Å²) in [7, 11) is 0. The Morgan fingerprint density at radius 2 is 2.04 bits per heavy atom. The van der Waals surface area contributed by atoms with Crippen LogP contribution in [0.1, 0.15) is 29.8 Å². The molecule has 0 radical (unpaired) electrons. The Kier molecular flexibility index (Phi) is 5.72. The number of nitrogens with one attached hydrogen (secondary N) is 1. The fraction of sp³-hybridized carbons (Fsp3) is 0.238. The van der Waals surface area contributed by atoms with Crippen LogP contribution in [-0.4, -0.2) is 25.7 Å². The number of hydrogen-bond donors (Lipinski definition) is 1. The largest absolute Gasteiger partial charge is 0.352 e. The number of carbonyl (C=O) groups is 1. The van der Waals surface area contributed by atoms with Gasteiger partial charge in [0.15, 0.2) is 5.82 Å². The molecule has 0 atom stereocenters. The first kappa shape index (κ1) is 18.3. The maximum atomic E-state index is 12.1. The number of unbranched alkanes of at least 4 members (excludes halogenated alkanes) is 1. The van der Waals surface area contributed by atoms with E-state index in [9.17, 15) is 4.79 Å². The molecule has 0 saturated heterocycles. The summed E-state index contributed by atoms with van der Waals surface area (Å²) in [6.45, 7) is 0.494. The van der Waals surface area contributed by atoms with Crippen LogP contribution in [0.3, 0.4) is 0 Å². The minimum atomic E-state index is 0.0711. The molecule has 0 bridgehead atoms. The van der Waals surface area contributed by atoms with Crippen molar-refractivity contribution < 1.29 is 4.79 Å². The molecule has 0 aliphatic heterocycles. The standard InChI is InChI=1S/C21H21N5OS/c27-20(8-3-4-9-21-25-17-6-1-2-7-18(17)28-21)23-15-16-10-12-22-19(14-16)26-13-5-11-24-26/h1-2,5-7,10-14H,3-4,8-9,15H2,(H,23,27). The predicted octanol–water partition coefficient (Wildman–Crippen LogP) is 3.91. The second-order valence-electron chi connectivity index (χ2n) is 6.53. The number of pyridine rings is 1. The van der Waals surface area contributed by atoms with Crippen molar-refractivity contribution in [1.82, 2.24) is 25.1 Å². The third-order valence-electron chi connectivity index (χ3n) is 4.42. The molecule has 0 unspecified atom stereocenters. The first-order chi connectivity index (χ1) is 13.8. The first-order valence-corrected chi connectivity index (χ1v) is 10.2. The van der Waals surface area contributed by atoms with Gasteiger partial charge in [-0.25, -0.2) is 14.6 Å². The van der Waals surface area contributed by atoms with Gasteiger partial charge in [0.25, 0.3) is 0 Å². The highest BCUT2D eigenvalue weighted by atomic mass is 32.1. The second-order valence-corrected chi connectivity index (χ2v) is 7.65. The predicted molar refractivity (Wildman–Crippen MR) is 110 cm³/mol. The van der Waals surface area contributed by atoms with Crippen LogP contribution in [0, 0.1) is 0 Å². The summed E-state index contributed by atoms with van der Waals surface area (Å²) < 4.78 is 2.93. The molecule has 28 heavy (non-hydrogen) atoms. The monoisotopic (exact) mass is 391 g/mol. The highest BCUT2D eigenvalue weighted by Gasteiger charge is 2.06. The Morgan fingerprint density at radius 1 is 1.11 bits per heavy atom. The minimum absolute atomic E-state index is 0.0711. The van der Waals surface area contributed by atoms with E-state index in [0.717, 1.165) is 41.2 Å². The lowest BCUT2D eigenvalue weighted by Gasteiger charge is -2.07. The van der Waals surface area contributed by atoms with Gasteiger partial charge in [0.1, 0.15) is 0 Å². The van der Waals surface area contributed by atoms with Gasteiger partial charge in [0, 0.05) is 31.6 Å². The average Bonchev–Trinajstić information content (AvgIpc) is 3.39. The molecular formula is C21H21N5OS. The van der Waals surface area contributed by atoms with E-state index in [0.29, 0.717) is 13.0 Å². The zero-order valence-electron chi connectivity index (χ0n) is 15.4. The van der Waals surface area contributed by atoms with Gasteiger partial charge in [-0.1, -0.05) is 12.1 Å². The van der Waals surface area contributed by atoms with E-state index in [-0.39, 0.29) is 5.91 Å². The normalized spacial score (nSPS) is 11.0. The Hall–Kier alpha value is -3.06. The lowest BCUT2D eigenvalue weighted by Crippen LogP contribution is -2.22. The molecule has 0 spiro atoms. The Labute approximate surface area is 167 Å². The van der Waals surface area contributed by atoms with Crippen LogP contribution in [0.4, 0.5) is 0 Å². The number of nitrogens with zero attached hydrogens (tertiary/aromatic N) is 4. The lowest BCUT2D eigenvalue weighted by molar-refractivity contribution is -0.121. The van der Waals surface area contributed by atoms with Gasteiger partial charge in [-0.05, 0) is 55.2 Å². The molecule has 1 N–H and O–H groups in total. The Balaban J connectivity index is 1.20. The SMILES string of the molecule is O=C(CCCCc1nc2ccccc2s1)NCc1ccnc(-n2cccn2)c1. The van der Waals surface area contributed by atoms with Crippen LogP contribution in [0.2, 0.25) is 0 Å². The quantitative estimate of drug-likeness (QED) is 0.462. The van der Waals surface area contributed by atoms with Gasteiger partial charge >= 0.3 is 0 Å². The molecule has 0 aliphatic rings. The molecule has 4 rings (SSSR count). The van der Waals surface area contributed by atoms with E-state index >= 15 is 0 Å². The second kappa shape index (κ2) is 8.75. The van der Waals surface area contributed by atoms with Gasteiger partial charge in [-0.3, -0.25) is 4.79 Å². The maximum Gasteiger partial charge on any atom is 0.220 e. The molecule has 142 valence electrons. The number of carbonyl (C=O) groups excluding carboxylic acids is 1. The molecule has 1 amide bonds. The van der Waals surface area contributed by atoms with Gasteiger partial charge in [0.05, 0.1) is 15.2 Å². The van der Waals surface area contributed by atoms with Gasteiger partial charge in [0.2, 0.25) is 5.91 Å². The third-order valence-corrected chi connectivity index (χ3v) is 5.52. The number of aryl methyl sites for hydroxylation is 1. The van der Waals surface area contributed by atoms with Crippen molar-refractivity contribution in [1.29, 1.82) is 0 Å². The highest BCUT2D eigenvalue weighted by molar-refractivity contribution is 7.18. The van der Waals surface area contributed by atoms with E-state index < -0.39 is 0 Å². The molecule has 1 aromatic carbocycles. The first-order valence-electron chi connectivity index (χ1n) is 9.34. The van der Waals surface area contributed by atoms with Crippen molar-refractivity contribution >= 4 is 27.5 Å². The average molecular weight is 392 g/mol. The highest BCUT2D eigenvalue weighted by Crippen LogP contribution is 2.22. The van der Waals surface area contributed by atoms with Crippen LogP contribution < -0.4 is 5.32 Å². The number of benzene rings is 1. The molecular weight excluding hydrogens is 370 g/mol. The van der Waals surface area contributed by atoms with E-state index in [1.807, 2.05) is 42.6 Å². The number of thiazole rings is 1. The van der Waals surface area contributed by atoms with Crippen molar-refractivity contribution in [2.45, 2.75) is 32.2 Å². The van der Waals surface area contributed by atoms with Crippen LogP contribution >= 0.6 is 11.3 Å². The van der Waals surface area contributed by atoms with Crippen LogP contribution in [0.25, 0.3) is 16.0 Å². The van der Waals surface area contributed by atoms with Crippen molar-refractivity contribution in [3.8, 4) is 5.82 Å². The van der Waals surface area contributed by atoms with Crippen molar-refractivity contribution in [2.75, 3.05) is 0 Å². The summed E-state index contributed by atoms with van der Waals surface area (Å²) in [6.07, 6.45) is 8.56. The summed E-state index contributed by atoms with van der Waals surface area (Å²) in [4.78, 5) is 21.1. The fourth-order valence-corrected chi connectivity index (χ4v) is 3.99. The summed E-state index contributed by atoms with van der Waals surface area (Å²) in [6, 6.07) is 13.9. The van der Waals surface area contributed by atoms with Crippen molar-refractivity contribution in [2.24, 2.45) is 0 Å². The number of para-hydroxylation sites is 1. The minimum Gasteiger partial charge on any atom is -0.352 e. The van der Waals surface area contributed by atoms with Crippen LogP contribution in [0.5, 0.6) is 0 Å². The third kappa shape index (κ3) is 4.61. The topological polar surface area (TPSA) is 72.7 Å². The van der Waals surface area contributed by atoms with Crippen LogP contribution in [-0.2, 0) is 17.8 Å². The van der Waals surface area contributed by atoms with E-state index in [4.69, 9.17) is 0 Å². The number of fused-ring (bicyclic) bond motifs is 1. The Bertz CT molecular complexity index is 1020. The zero-order chi connectivity index (χ0) is 19.2. The number of rotatable bonds is 8. The molecule has 7 heteroatoms. The van der Waals surface area contributed by atoms with Crippen molar-refractivity contribution in [3.63, 3.8) is 0 Å². The van der Waals surface area contributed by atoms with E-state index in [1.54, 1.807) is 28.4 Å². The summed E-state index contributed by atoms with van der Waals surface area (Å²) in [5.41, 5.74) is 2.07. The molecule has 3 aromatic heterocycles. The number of aromatic nitrogens is 4. The van der Waals surface area contributed by atoms with Gasteiger partial charge in [-0.2, -0.15) is 5.10 Å². The van der Waals surface area contributed by atoms with Crippen molar-refractivity contribution in [3.05, 3.63) is 71.6 Å².